The lowest BCUT2D eigenvalue weighted by atomic mass is 9.92. The van der Waals surface area contributed by atoms with Crippen LogP contribution in [0.1, 0.15) is 46.3 Å². The molecule has 2 aliphatic rings. The molecule has 0 saturated carbocycles. The Balaban J connectivity index is 1.18. The zero-order chi connectivity index (χ0) is 34.0. The monoisotopic (exact) mass is 660 g/mol. The van der Waals surface area contributed by atoms with Gasteiger partial charge in [0.1, 0.15) is 36.6 Å². The minimum Gasteiger partial charge on any atom is -0.490 e. The van der Waals surface area contributed by atoms with Crippen molar-refractivity contribution in [1.29, 1.82) is 0 Å². The first-order chi connectivity index (χ1) is 23.0. The fraction of sp³-hybridized carbons (Fsp3) is 0.297. The van der Waals surface area contributed by atoms with E-state index in [-0.39, 0.29) is 25.0 Å². The molecule has 2 heterocycles. The van der Waals surface area contributed by atoms with E-state index in [1.807, 2.05) is 61.6 Å². The quantitative estimate of drug-likeness (QED) is 0.173. The highest BCUT2D eigenvalue weighted by atomic mass is 19.4. The summed E-state index contributed by atoms with van der Waals surface area (Å²) < 4.78 is 61.1. The number of hydrogen-bond acceptors (Lipinski definition) is 7. The Kier molecular flexibility index (Phi) is 9.21. The number of likely N-dealkylation sites (N-methyl/N-ethyl adjacent to an activating group) is 1. The summed E-state index contributed by atoms with van der Waals surface area (Å²) in [4.78, 5) is 30.7. The van der Waals surface area contributed by atoms with Gasteiger partial charge in [-0.1, -0.05) is 42.5 Å². The molecule has 48 heavy (non-hydrogen) atoms. The molecule has 6 rings (SSSR count). The Hall–Kier alpha value is -5.19. The number of aryl methyl sites for hydroxylation is 1. The summed E-state index contributed by atoms with van der Waals surface area (Å²) in [6.45, 7) is 4.56. The molecule has 250 valence electrons. The van der Waals surface area contributed by atoms with Crippen LogP contribution in [0.3, 0.4) is 0 Å². The number of carbonyl (C=O) groups excluding carboxylic acids is 2. The number of amides is 1. The number of alkyl halides is 3. The second kappa shape index (κ2) is 13.5. The number of anilines is 2. The standard InChI is InChI=1S/C37H35F3N2O6/c1-23-17-26(45-22-28-20-41(3)33-11-7-8-12-34(33)47-28)13-15-29(23)36(44)42-24(2)30(19-35(43)46-21-25-9-5-4-6-10-25)31-18-27(14-16-32(31)42)48-37(38,39)40/h4-18,24,28,30H,19-22H2,1-3H3/t24?,28-,30?/m0/s1. The number of fused-ring (bicyclic) bond motifs is 2. The van der Waals surface area contributed by atoms with Crippen molar-refractivity contribution in [1.82, 2.24) is 0 Å². The zero-order valence-electron chi connectivity index (χ0n) is 26.7. The maximum atomic E-state index is 14.1. The third-order valence-electron chi connectivity index (χ3n) is 8.64. The molecule has 0 bridgehead atoms. The second-order valence-electron chi connectivity index (χ2n) is 12.0. The predicted octanol–water partition coefficient (Wildman–Crippen LogP) is 7.44. The van der Waals surface area contributed by atoms with Crippen molar-refractivity contribution in [2.24, 2.45) is 0 Å². The number of carbonyl (C=O) groups is 2. The maximum Gasteiger partial charge on any atom is 0.573 e. The largest absolute Gasteiger partial charge is 0.573 e. The summed E-state index contributed by atoms with van der Waals surface area (Å²) in [5.41, 5.74) is 3.66. The lowest BCUT2D eigenvalue weighted by Crippen LogP contribution is -2.41. The van der Waals surface area contributed by atoms with Gasteiger partial charge in [0.05, 0.1) is 18.7 Å². The van der Waals surface area contributed by atoms with Gasteiger partial charge in [-0.05, 0) is 79.1 Å². The molecule has 3 atom stereocenters. The first kappa shape index (κ1) is 32.7. The number of nitrogens with zero attached hydrogens (tertiary/aromatic N) is 2. The van der Waals surface area contributed by atoms with E-state index in [4.69, 9.17) is 14.2 Å². The zero-order valence-corrected chi connectivity index (χ0v) is 26.7. The maximum absolute atomic E-state index is 14.1. The highest BCUT2D eigenvalue weighted by molar-refractivity contribution is 6.09. The van der Waals surface area contributed by atoms with Crippen LogP contribution in [-0.2, 0) is 16.1 Å². The van der Waals surface area contributed by atoms with Crippen molar-refractivity contribution in [2.45, 2.75) is 51.3 Å². The summed E-state index contributed by atoms with van der Waals surface area (Å²) in [5, 5.41) is 0. The van der Waals surface area contributed by atoms with Gasteiger partial charge in [-0.3, -0.25) is 9.59 Å². The van der Waals surface area contributed by atoms with Gasteiger partial charge in [0.15, 0.2) is 0 Å². The first-order valence-electron chi connectivity index (χ1n) is 15.6. The summed E-state index contributed by atoms with van der Waals surface area (Å²) in [7, 11) is 2.00. The Labute approximate surface area is 276 Å². The third-order valence-corrected chi connectivity index (χ3v) is 8.64. The van der Waals surface area contributed by atoms with Gasteiger partial charge in [0.25, 0.3) is 5.91 Å². The fourth-order valence-electron chi connectivity index (χ4n) is 6.32. The van der Waals surface area contributed by atoms with Crippen LogP contribution in [0.4, 0.5) is 24.5 Å². The van der Waals surface area contributed by atoms with E-state index in [1.54, 1.807) is 32.0 Å². The number of benzene rings is 4. The topological polar surface area (TPSA) is 77.5 Å². The number of halogens is 3. The average molecular weight is 661 g/mol. The molecule has 2 unspecified atom stereocenters. The second-order valence-corrected chi connectivity index (χ2v) is 12.0. The first-order valence-corrected chi connectivity index (χ1v) is 15.6. The van der Waals surface area contributed by atoms with E-state index in [0.29, 0.717) is 41.3 Å². The predicted molar refractivity (Wildman–Crippen MR) is 174 cm³/mol. The van der Waals surface area contributed by atoms with Crippen LogP contribution >= 0.6 is 0 Å². The van der Waals surface area contributed by atoms with Crippen LogP contribution in [0.15, 0.2) is 91.0 Å². The molecule has 2 aliphatic heterocycles. The summed E-state index contributed by atoms with van der Waals surface area (Å²) in [6, 6.07) is 25.4. The van der Waals surface area contributed by atoms with Crippen LogP contribution in [0, 0.1) is 6.92 Å². The molecule has 4 aromatic carbocycles. The summed E-state index contributed by atoms with van der Waals surface area (Å²) in [5.74, 6) is -0.599. The van der Waals surface area contributed by atoms with Gasteiger partial charge in [-0.2, -0.15) is 0 Å². The van der Waals surface area contributed by atoms with Crippen molar-refractivity contribution in [3.05, 3.63) is 113 Å². The molecule has 0 spiro atoms. The highest BCUT2D eigenvalue weighted by Crippen LogP contribution is 2.46. The van der Waals surface area contributed by atoms with Crippen molar-refractivity contribution in [3.63, 3.8) is 0 Å². The van der Waals surface area contributed by atoms with E-state index < -0.39 is 30.0 Å². The minimum absolute atomic E-state index is 0.0536. The van der Waals surface area contributed by atoms with Crippen molar-refractivity contribution in [2.75, 3.05) is 30.0 Å². The molecule has 0 fully saturated rings. The van der Waals surface area contributed by atoms with Gasteiger partial charge < -0.3 is 28.7 Å². The normalized spacial score (nSPS) is 18.4. The van der Waals surface area contributed by atoms with Crippen LogP contribution in [-0.4, -0.2) is 50.6 Å². The molecule has 8 nitrogen and oxygen atoms in total. The molecule has 0 N–H and O–H groups in total. The van der Waals surface area contributed by atoms with Crippen LogP contribution < -0.4 is 24.0 Å². The molecule has 11 heteroatoms. The number of rotatable bonds is 9. The number of hydrogen-bond donors (Lipinski definition) is 0. The van der Waals surface area contributed by atoms with Gasteiger partial charge in [0.2, 0.25) is 0 Å². The molecule has 4 aromatic rings. The molecular weight excluding hydrogens is 625 g/mol. The van der Waals surface area contributed by atoms with Crippen molar-refractivity contribution in [3.8, 4) is 17.2 Å². The Morgan fingerprint density at radius 2 is 1.65 bits per heavy atom. The van der Waals surface area contributed by atoms with Crippen LogP contribution in [0.5, 0.6) is 17.2 Å². The fourth-order valence-corrected chi connectivity index (χ4v) is 6.32. The van der Waals surface area contributed by atoms with Gasteiger partial charge in [0, 0.05) is 30.3 Å². The van der Waals surface area contributed by atoms with Crippen LogP contribution in [0.2, 0.25) is 0 Å². The molecule has 1 amide bonds. The molecule has 0 aliphatic carbocycles. The van der Waals surface area contributed by atoms with Crippen molar-refractivity contribution >= 4 is 23.3 Å². The average Bonchev–Trinajstić information content (AvgIpc) is 3.32. The van der Waals surface area contributed by atoms with E-state index in [0.717, 1.165) is 17.0 Å². The van der Waals surface area contributed by atoms with Gasteiger partial charge in [-0.25, -0.2) is 0 Å². The van der Waals surface area contributed by atoms with E-state index >= 15 is 0 Å². The van der Waals surface area contributed by atoms with Gasteiger partial charge in [-0.15, -0.1) is 13.2 Å². The number of esters is 1. The van der Waals surface area contributed by atoms with E-state index in [9.17, 15) is 22.8 Å². The number of para-hydroxylation sites is 2. The molecule has 0 aromatic heterocycles. The van der Waals surface area contributed by atoms with Crippen LogP contribution in [0.25, 0.3) is 0 Å². The third kappa shape index (κ3) is 7.20. The van der Waals surface area contributed by atoms with E-state index in [1.165, 1.54) is 23.1 Å². The Bertz CT molecular complexity index is 1800. The summed E-state index contributed by atoms with van der Waals surface area (Å²) in [6.07, 6.45) is -5.24. The smallest absolute Gasteiger partial charge is 0.490 e. The molecular formula is C37H35F3N2O6. The van der Waals surface area contributed by atoms with Crippen molar-refractivity contribution < 1.29 is 41.7 Å². The lowest BCUT2D eigenvalue weighted by molar-refractivity contribution is -0.274. The number of ether oxygens (including phenoxy) is 4. The molecule has 0 radical (unpaired) electrons. The minimum atomic E-state index is -4.90. The van der Waals surface area contributed by atoms with Gasteiger partial charge >= 0.3 is 12.3 Å². The van der Waals surface area contributed by atoms with E-state index in [2.05, 4.69) is 9.64 Å². The SMILES string of the molecule is Cc1cc(OC[C@@H]2CN(C)c3ccccc3O2)ccc1C(=O)N1c2ccc(OC(F)(F)F)cc2C(CC(=O)OCc2ccccc2)C1C. The summed E-state index contributed by atoms with van der Waals surface area (Å²) >= 11 is 0. The Morgan fingerprint density at radius 3 is 2.40 bits per heavy atom. The lowest BCUT2D eigenvalue weighted by Gasteiger charge is -2.33. The highest BCUT2D eigenvalue weighted by Gasteiger charge is 2.42. The molecule has 0 saturated heterocycles. The Morgan fingerprint density at radius 1 is 0.917 bits per heavy atom.